The molecule has 0 saturated carbocycles. The third-order valence-corrected chi connectivity index (χ3v) is 5.00. The number of esters is 1. The summed E-state index contributed by atoms with van der Waals surface area (Å²) < 4.78 is 18.1. The smallest absolute Gasteiger partial charge is 0.316 e. The van der Waals surface area contributed by atoms with Crippen molar-refractivity contribution in [3.05, 3.63) is 42.5 Å². The van der Waals surface area contributed by atoms with Crippen molar-refractivity contribution < 1.29 is 13.9 Å². The molecule has 138 valence electrons. The van der Waals surface area contributed by atoms with Crippen LogP contribution in [0.15, 0.2) is 41.7 Å². The van der Waals surface area contributed by atoms with Crippen LogP contribution in [0.3, 0.4) is 0 Å². The van der Waals surface area contributed by atoms with Crippen LogP contribution in [-0.4, -0.2) is 47.9 Å². The van der Waals surface area contributed by atoms with Crippen molar-refractivity contribution >= 4 is 29.2 Å². The molecule has 8 heteroatoms. The second-order valence-electron chi connectivity index (χ2n) is 6.02. The van der Waals surface area contributed by atoms with Gasteiger partial charge in [0, 0.05) is 24.8 Å². The van der Waals surface area contributed by atoms with E-state index in [1.54, 1.807) is 24.5 Å². The number of anilines is 2. The van der Waals surface area contributed by atoms with Crippen molar-refractivity contribution in [1.29, 1.82) is 0 Å². The molecule has 1 N–H and O–H groups in total. The number of hydrogen-bond acceptors (Lipinski definition) is 7. The minimum absolute atomic E-state index is 0.196. The largest absolute Gasteiger partial charge is 0.468 e. The highest BCUT2D eigenvalue weighted by atomic mass is 32.2. The molecule has 26 heavy (non-hydrogen) atoms. The molecule has 0 spiro atoms. The van der Waals surface area contributed by atoms with E-state index in [4.69, 9.17) is 0 Å². The van der Waals surface area contributed by atoms with E-state index in [9.17, 15) is 9.18 Å². The Morgan fingerprint density at radius 1 is 1.46 bits per heavy atom. The minimum atomic E-state index is -0.298. The molecule has 3 rings (SSSR count). The van der Waals surface area contributed by atoms with Crippen molar-refractivity contribution in [3.63, 3.8) is 0 Å². The molecule has 0 radical (unpaired) electrons. The summed E-state index contributed by atoms with van der Waals surface area (Å²) in [7, 11) is 1.36. The van der Waals surface area contributed by atoms with E-state index in [0.29, 0.717) is 10.8 Å². The number of aromatic nitrogens is 2. The summed E-state index contributed by atoms with van der Waals surface area (Å²) in [5.74, 6) is 0.351. The number of ether oxygens (including phenoxy) is 1. The number of carbonyl (C=O) groups is 1. The molecule has 6 nitrogen and oxygen atoms in total. The van der Waals surface area contributed by atoms with Gasteiger partial charge < -0.3 is 15.0 Å². The van der Waals surface area contributed by atoms with Crippen LogP contribution in [0.1, 0.15) is 12.8 Å². The zero-order valence-electron chi connectivity index (χ0n) is 14.5. The van der Waals surface area contributed by atoms with E-state index in [0.717, 1.165) is 31.6 Å². The second-order valence-corrected chi connectivity index (χ2v) is 7.01. The van der Waals surface area contributed by atoms with E-state index in [1.807, 2.05) is 6.07 Å². The lowest BCUT2D eigenvalue weighted by atomic mass is 10.0. The Morgan fingerprint density at radius 2 is 2.35 bits per heavy atom. The normalized spacial score (nSPS) is 17.0. The van der Waals surface area contributed by atoms with Crippen LogP contribution in [0.5, 0.6) is 0 Å². The van der Waals surface area contributed by atoms with Gasteiger partial charge >= 0.3 is 5.97 Å². The number of nitrogens with one attached hydrogen (secondary N) is 1. The number of nitrogens with zero attached hydrogens (tertiary/aromatic N) is 3. The maximum atomic E-state index is 13.5. The Morgan fingerprint density at radius 3 is 3.15 bits per heavy atom. The van der Waals surface area contributed by atoms with Gasteiger partial charge in [0.1, 0.15) is 16.7 Å². The highest BCUT2D eigenvalue weighted by Crippen LogP contribution is 2.23. The fourth-order valence-electron chi connectivity index (χ4n) is 2.89. The number of halogens is 1. The minimum Gasteiger partial charge on any atom is -0.468 e. The van der Waals surface area contributed by atoms with E-state index in [1.165, 1.54) is 24.9 Å². The van der Waals surface area contributed by atoms with Gasteiger partial charge in [-0.15, -0.1) is 0 Å². The van der Waals surface area contributed by atoms with Crippen LogP contribution >= 0.6 is 11.8 Å². The molecule has 1 aliphatic rings. The van der Waals surface area contributed by atoms with Gasteiger partial charge in [-0.2, -0.15) is 0 Å². The van der Waals surface area contributed by atoms with Gasteiger partial charge in [0.25, 0.3) is 0 Å². The molecule has 2 aromatic rings. The number of hydrogen-bond donors (Lipinski definition) is 1. The van der Waals surface area contributed by atoms with Gasteiger partial charge in [-0.3, -0.25) is 9.78 Å². The summed E-state index contributed by atoms with van der Waals surface area (Å²) in [4.78, 5) is 22.1. The summed E-state index contributed by atoms with van der Waals surface area (Å²) in [6.07, 6.45) is 5.31. The van der Waals surface area contributed by atoms with E-state index >= 15 is 0 Å². The van der Waals surface area contributed by atoms with Crippen LogP contribution in [-0.2, 0) is 9.53 Å². The summed E-state index contributed by atoms with van der Waals surface area (Å²) in [6, 6.07) is 6.87. The third-order valence-electron chi connectivity index (χ3n) is 4.12. The molecular weight excluding hydrogens is 355 g/mol. The third kappa shape index (κ3) is 5.08. The molecule has 0 aliphatic carbocycles. The second kappa shape index (κ2) is 8.84. The van der Waals surface area contributed by atoms with Crippen LogP contribution in [0.4, 0.5) is 15.9 Å². The fraction of sp³-hybridized carbons (Fsp3) is 0.389. The Labute approximate surface area is 156 Å². The van der Waals surface area contributed by atoms with Crippen LogP contribution in [0.2, 0.25) is 0 Å². The standard InChI is InChI=1S/C18H21FN4O2S/c1-25-18(24)12-26-17-10-20-9-16(22-17)21-14-5-3-7-23(11-14)15-6-2-4-13(19)8-15/h2,4,6,8-10,14H,3,5,7,11-12H2,1H3,(H,21,22). The number of thioether (sulfide) groups is 1. The summed E-state index contributed by atoms with van der Waals surface area (Å²) in [5, 5.41) is 4.06. The maximum absolute atomic E-state index is 13.5. The zero-order valence-corrected chi connectivity index (χ0v) is 15.3. The number of benzene rings is 1. The topological polar surface area (TPSA) is 67.3 Å². The first-order chi connectivity index (χ1) is 12.6. The zero-order chi connectivity index (χ0) is 18.4. The number of rotatable bonds is 6. The lowest BCUT2D eigenvalue weighted by Gasteiger charge is -2.35. The van der Waals surface area contributed by atoms with Crippen molar-refractivity contribution in [2.45, 2.75) is 23.9 Å². The monoisotopic (exact) mass is 376 g/mol. The lowest BCUT2D eigenvalue weighted by molar-refractivity contribution is -0.137. The van der Waals surface area contributed by atoms with Crippen molar-refractivity contribution in [1.82, 2.24) is 9.97 Å². The molecule has 0 bridgehead atoms. The summed E-state index contributed by atoms with van der Waals surface area (Å²) in [5.41, 5.74) is 0.893. The first kappa shape index (κ1) is 18.4. The van der Waals surface area contributed by atoms with Gasteiger partial charge in [0.2, 0.25) is 0 Å². The van der Waals surface area contributed by atoms with Crippen molar-refractivity contribution in [2.24, 2.45) is 0 Å². The maximum Gasteiger partial charge on any atom is 0.316 e. The van der Waals surface area contributed by atoms with Gasteiger partial charge in [0.15, 0.2) is 0 Å². The van der Waals surface area contributed by atoms with Gasteiger partial charge in [-0.1, -0.05) is 17.8 Å². The van der Waals surface area contributed by atoms with E-state index < -0.39 is 0 Å². The highest BCUT2D eigenvalue weighted by molar-refractivity contribution is 7.99. The van der Waals surface area contributed by atoms with E-state index in [2.05, 4.69) is 24.9 Å². The Kier molecular flexibility index (Phi) is 6.27. The Balaban J connectivity index is 1.60. The van der Waals surface area contributed by atoms with E-state index in [-0.39, 0.29) is 23.6 Å². The predicted molar refractivity (Wildman–Crippen MR) is 100 cm³/mol. The molecule has 2 heterocycles. The first-order valence-electron chi connectivity index (χ1n) is 8.43. The van der Waals surface area contributed by atoms with Crippen LogP contribution in [0, 0.1) is 5.82 Å². The number of piperidine rings is 1. The fourth-order valence-corrected chi connectivity index (χ4v) is 3.57. The van der Waals surface area contributed by atoms with Crippen LogP contribution in [0.25, 0.3) is 0 Å². The Bertz CT molecular complexity index is 761. The molecule has 1 aliphatic heterocycles. The average Bonchev–Trinajstić information content (AvgIpc) is 2.66. The summed E-state index contributed by atoms with van der Waals surface area (Å²) in [6.45, 7) is 1.67. The number of methoxy groups -OCH3 is 1. The SMILES string of the molecule is COC(=O)CSc1cncc(NC2CCCN(c3cccc(F)c3)C2)n1. The molecule has 1 atom stereocenters. The van der Waals surface area contributed by atoms with Crippen molar-refractivity contribution in [2.75, 3.05) is 36.2 Å². The van der Waals surface area contributed by atoms with Gasteiger partial charge in [-0.05, 0) is 31.0 Å². The molecule has 1 aromatic heterocycles. The molecule has 1 unspecified atom stereocenters. The van der Waals surface area contributed by atoms with Crippen LogP contribution < -0.4 is 10.2 Å². The van der Waals surface area contributed by atoms with Gasteiger partial charge in [0.05, 0.1) is 25.3 Å². The predicted octanol–water partition coefficient (Wildman–Crippen LogP) is 2.96. The number of carbonyl (C=O) groups excluding carboxylic acids is 1. The highest BCUT2D eigenvalue weighted by Gasteiger charge is 2.21. The molecule has 0 amide bonds. The molecular formula is C18H21FN4O2S. The molecule has 1 fully saturated rings. The first-order valence-corrected chi connectivity index (χ1v) is 9.41. The Hall–Kier alpha value is -2.35. The van der Waals surface area contributed by atoms with Gasteiger partial charge in [-0.25, -0.2) is 9.37 Å². The average molecular weight is 376 g/mol. The quantitative estimate of drug-likeness (QED) is 0.614. The lowest BCUT2D eigenvalue weighted by Crippen LogP contribution is -2.42. The molecule has 1 saturated heterocycles. The summed E-state index contributed by atoms with van der Waals surface area (Å²) >= 11 is 1.29. The van der Waals surface area contributed by atoms with Crippen molar-refractivity contribution in [3.8, 4) is 0 Å². The molecule has 1 aromatic carbocycles.